The summed E-state index contributed by atoms with van der Waals surface area (Å²) in [5, 5.41) is 0. The maximum absolute atomic E-state index is 10.3. The summed E-state index contributed by atoms with van der Waals surface area (Å²) in [5.41, 5.74) is 5.31. The van der Waals surface area contributed by atoms with Gasteiger partial charge in [-0.2, -0.15) is 0 Å². The first-order valence-corrected chi connectivity index (χ1v) is 3.33. The van der Waals surface area contributed by atoms with Crippen molar-refractivity contribution in [2.75, 3.05) is 26.2 Å². The number of hydrogen-bond acceptors (Lipinski definition) is 4. The van der Waals surface area contributed by atoms with E-state index in [0.717, 1.165) is 25.9 Å². The normalized spacial score (nSPS) is 17.3. The third-order valence-electron chi connectivity index (χ3n) is 1.47. The van der Waals surface area contributed by atoms with Gasteiger partial charge < -0.3 is 10.6 Å². The van der Waals surface area contributed by atoms with Gasteiger partial charge >= 0.3 is 0 Å². The van der Waals surface area contributed by atoms with Crippen molar-refractivity contribution in [2.45, 2.75) is 0 Å². The predicted octanol–water partition coefficient (Wildman–Crippen LogP) is -1.14. The smallest absolute Gasteiger partial charge is 0.184 e. The highest BCUT2D eigenvalue weighted by atomic mass is 16.1. The van der Waals surface area contributed by atoms with Crippen molar-refractivity contribution < 1.29 is 4.79 Å². The van der Waals surface area contributed by atoms with Crippen LogP contribution in [-0.2, 0) is 4.79 Å². The number of nitrogens with zero attached hydrogens (tertiary/aromatic N) is 2. The summed E-state index contributed by atoms with van der Waals surface area (Å²) in [6, 6.07) is 0. The van der Waals surface area contributed by atoms with E-state index in [1.165, 1.54) is 0 Å². The van der Waals surface area contributed by atoms with Crippen molar-refractivity contribution in [3.63, 3.8) is 0 Å². The van der Waals surface area contributed by atoms with E-state index in [1.54, 1.807) is 0 Å². The average molecular weight is 141 g/mol. The molecule has 4 heteroatoms. The van der Waals surface area contributed by atoms with Gasteiger partial charge in [0.2, 0.25) is 0 Å². The molecule has 2 N–H and O–H groups in total. The van der Waals surface area contributed by atoms with Gasteiger partial charge in [-0.3, -0.25) is 9.79 Å². The van der Waals surface area contributed by atoms with E-state index in [9.17, 15) is 4.79 Å². The minimum Gasteiger partial charge on any atom is -0.351 e. The fourth-order valence-electron chi connectivity index (χ4n) is 0.994. The molecule has 0 saturated carbocycles. The van der Waals surface area contributed by atoms with Crippen molar-refractivity contribution in [2.24, 2.45) is 10.7 Å². The second kappa shape index (κ2) is 3.31. The van der Waals surface area contributed by atoms with Gasteiger partial charge in [0, 0.05) is 19.6 Å². The number of aldehydes is 1. The fourth-order valence-corrected chi connectivity index (χ4v) is 0.994. The number of carbonyl (C=O) groups is 1. The first-order valence-electron chi connectivity index (χ1n) is 3.33. The standard InChI is InChI=1S/C6H11N3O/c7-1-3-9-4-2-8-6(9)5-10/h5H,1-4,7H2. The van der Waals surface area contributed by atoms with Gasteiger partial charge in [-0.25, -0.2) is 0 Å². The Bertz CT molecular complexity index is 155. The van der Waals surface area contributed by atoms with E-state index in [0.29, 0.717) is 12.4 Å². The van der Waals surface area contributed by atoms with Crippen LogP contribution >= 0.6 is 0 Å². The molecule has 4 nitrogen and oxygen atoms in total. The Hall–Kier alpha value is -0.900. The van der Waals surface area contributed by atoms with Gasteiger partial charge in [-0.1, -0.05) is 0 Å². The molecular formula is C6H11N3O. The van der Waals surface area contributed by atoms with Crippen molar-refractivity contribution >= 4 is 12.1 Å². The van der Waals surface area contributed by atoms with Crippen LogP contribution in [0.3, 0.4) is 0 Å². The molecule has 0 aromatic carbocycles. The number of nitrogens with two attached hydrogens (primary N) is 1. The van der Waals surface area contributed by atoms with E-state index >= 15 is 0 Å². The monoisotopic (exact) mass is 141 g/mol. The Labute approximate surface area is 59.7 Å². The molecule has 0 aliphatic carbocycles. The molecule has 0 bridgehead atoms. The maximum Gasteiger partial charge on any atom is 0.184 e. The lowest BCUT2D eigenvalue weighted by atomic mass is 10.5. The van der Waals surface area contributed by atoms with E-state index in [-0.39, 0.29) is 0 Å². The van der Waals surface area contributed by atoms with Gasteiger partial charge in [-0.05, 0) is 0 Å². The lowest BCUT2D eigenvalue weighted by molar-refractivity contribution is -0.103. The molecule has 1 aliphatic rings. The first kappa shape index (κ1) is 7.21. The zero-order valence-corrected chi connectivity index (χ0v) is 5.79. The molecule has 10 heavy (non-hydrogen) atoms. The molecule has 0 radical (unpaired) electrons. The van der Waals surface area contributed by atoms with Crippen molar-refractivity contribution in [3.05, 3.63) is 0 Å². The molecule has 56 valence electrons. The number of amidine groups is 1. The summed E-state index contributed by atoms with van der Waals surface area (Å²) < 4.78 is 0. The second-order valence-corrected chi connectivity index (χ2v) is 2.13. The highest BCUT2D eigenvalue weighted by Gasteiger charge is 2.13. The molecular weight excluding hydrogens is 130 g/mol. The lowest BCUT2D eigenvalue weighted by Gasteiger charge is -2.14. The molecule has 0 saturated heterocycles. The molecule has 0 aromatic rings. The summed E-state index contributed by atoms with van der Waals surface area (Å²) in [5.74, 6) is 0.547. The summed E-state index contributed by atoms with van der Waals surface area (Å²) in [6.07, 6.45) is 0.780. The Kier molecular flexibility index (Phi) is 2.39. The molecule has 0 atom stereocenters. The van der Waals surface area contributed by atoms with Crippen molar-refractivity contribution in [3.8, 4) is 0 Å². The summed E-state index contributed by atoms with van der Waals surface area (Å²) in [4.78, 5) is 16.1. The molecule has 1 aliphatic heterocycles. The van der Waals surface area contributed by atoms with Crippen molar-refractivity contribution in [1.29, 1.82) is 0 Å². The molecule has 0 amide bonds. The van der Waals surface area contributed by atoms with Gasteiger partial charge in [-0.15, -0.1) is 0 Å². The van der Waals surface area contributed by atoms with Gasteiger partial charge in [0.15, 0.2) is 12.1 Å². The molecule has 1 rings (SSSR count). The van der Waals surface area contributed by atoms with Crippen LogP contribution in [0.5, 0.6) is 0 Å². The SMILES string of the molecule is NCCN1CCN=C1C=O. The quantitative estimate of drug-likeness (QED) is 0.505. The number of hydrogen-bond donors (Lipinski definition) is 1. The highest BCUT2D eigenvalue weighted by Crippen LogP contribution is 1.97. The van der Waals surface area contributed by atoms with Crippen LogP contribution in [0.2, 0.25) is 0 Å². The highest BCUT2D eigenvalue weighted by molar-refractivity contribution is 6.27. The number of aliphatic imine (C=N–C) groups is 1. The number of carbonyl (C=O) groups excluding carboxylic acids is 1. The maximum atomic E-state index is 10.3. The van der Waals surface area contributed by atoms with Crippen LogP contribution in [-0.4, -0.2) is 43.2 Å². The lowest BCUT2D eigenvalue weighted by Crippen LogP contribution is -2.33. The van der Waals surface area contributed by atoms with Gasteiger partial charge in [0.1, 0.15) is 0 Å². The number of rotatable bonds is 3. The third kappa shape index (κ3) is 1.33. The molecule has 0 spiro atoms. The minimum atomic E-state index is 0.547. The van der Waals surface area contributed by atoms with E-state index < -0.39 is 0 Å². The van der Waals surface area contributed by atoms with E-state index in [2.05, 4.69) is 4.99 Å². The zero-order valence-electron chi connectivity index (χ0n) is 5.79. The zero-order chi connectivity index (χ0) is 7.40. The van der Waals surface area contributed by atoms with Gasteiger partial charge in [0.05, 0.1) is 6.54 Å². The Balaban J connectivity index is 2.45. The first-order chi connectivity index (χ1) is 4.88. The van der Waals surface area contributed by atoms with Crippen LogP contribution in [0.4, 0.5) is 0 Å². The molecule has 0 unspecified atom stereocenters. The predicted molar refractivity (Wildman–Crippen MR) is 39.0 cm³/mol. The van der Waals surface area contributed by atoms with Gasteiger partial charge in [0.25, 0.3) is 0 Å². The van der Waals surface area contributed by atoms with Crippen LogP contribution in [0.25, 0.3) is 0 Å². The topological polar surface area (TPSA) is 58.7 Å². The minimum absolute atomic E-state index is 0.547. The molecule has 1 heterocycles. The van der Waals surface area contributed by atoms with Crippen LogP contribution < -0.4 is 5.73 Å². The van der Waals surface area contributed by atoms with E-state index in [4.69, 9.17) is 5.73 Å². The largest absolute Gasteiger partial charge is 0.351 e. The van der Waals surface area contributed by atoms with Crippen molar-refractivity contribution in [1.82, 2.24) is 4.90 Å². The Morgan fingerprint density at radius 1 is 1.80 bits per heavy atom. The molecule has 0 aromatic heterocycles. The summed E-state index contributed by atoms with van der Waals surface area (Å²) in [7, 11) is 0. The second-order valence-electron chi connectivity index (χ2n) is 2.13. The molecule has 0 fully saturated rings. The fraction of sp³-hybridized carbons (Fsp3) is 0.667. The van der Waals surface area contributed by atoms with Crippen LogP contribution in [0.15, 0.2) is 4.99 Å². The van der Waals surface area contributed by atoms with Crippen LogP contribution in [0, 0.1) is 0 Å². The third-order valence-corrected chi connectivity index (χ3v) is 1.47. The Morgan fingerprint density at radius 2 is 2.60 bits per heavy atom. The van der Waals surface area contributed by atoms with E-state index in [1.807, 2.05) is 4.90 Å². The summed E-state index contributed by atoms with van der Waals surface area (Å²) in [6.45, 7) is 2.88. The summed E-state index contributed by atoms with van der Waals surface area (Å²) >= 11 is 0. The Morgan fingerprint density at radius 3 is 3.20 bits per heavy atom. The van der Waals surface area contributed by atoms with Crippen LogP contribution in [0.1, 0.15) is 0 Å². The average Bonchev–Trinajstić information content (AvgIpc) is 2.36.